The molecule has 2 nitrogen and oxygen atoms in total. The number of carbonyl (C=O) groups excluding carboxylic acids is 1. The number of benzene rings is 2. The summed E-state index contributed by atoms with van der Waals surface area (Å²) in [6.45, 7) is 0. The second-order valence-electron chi connectivity index (χ2n) is 6.97. The van der Waals surface area contributed by atoms with Gasteiger partial charge in [-0.3, -0.25) is 9.69 Å². The van der Waals surface area contributed by atoms with Crippen LogP contribution in [-0.2, 0) is 4.79 Å². The highest BCUT2D eigenvalue weighted by Gasteiger charge is 2.37. The van der Waals surface area contributed by atoms with Gasteiger partial charge in [-0.2, -0.15) is 0 Å². The first-order valence-electron chi connectivity index (χ1n) is 9.25. The van der Waals surface area contributed by atoms with Crippen LogP contribution in [0.4, 0.5) is 4.39 Å². The smallest absolute Gasteiger partial charge is 0.266 e. The summed E-state index contributed by atoms with van der Waals surface area (Å²) in [5.41, 5.74) is 2.94. The lowest BCUT2D eigenvalue weighted by Gasteiger charge is -2.29. The topological polar surface area (TPSA) is 20.3 Å². The van der Waals surface area contributed by atoms with Crippen LogP contribution >= 0.6 is 24.0 Å². The molecule has 1 aliphatic heterocycles. The fourth-order valence-corrected chi connectivity index (χ4v) is 5.10. The van der Waals surface area contributed by atoms with Crippen LogP contribution in [0.1, 0.15) is 37.7 Å². The Hall–Kier alpha value is -1.98. The van der Waals surface area contributed by atoms with E-state index in [9.17, 15) is 9.18 Å². The van der Waals surface area contributed by atoms with Gasteiger partial charge in [0.15, 0.2) is 0 Å². The van der Waals surface area contributed by atoms with Crippen molar-refractivity contribution in [1.82, 2.24) is 4.90 Å². The normalized spacial score (nSPS) is 19.9. The molecule has 5 heteroatoms. The molecular weight excluding hydrogens is 377 g/mol. The van der Waals surface area contributed by atoms with Gasteiger partial charge in [0.25, 0.3) is 5.91 Å². The number of rotatable bonds is 3. The van der Waals surface area contributed by atoms with E-state index in [4.69, 9.17) is 12.2 Å². The fourth-order valence-electron chi connectivity index (χ4n) is 3.70. The van der Waals surface area contributed by atoms with Crippen molar-refractivity contribution in [3.8, 4) is 11.1 Å². The van der Waals surface area contributed by atoms with Crippen LogP contribution in [0.3, 0.4) is 0 Å². The molecule has 138 valence electrons. The molecule has 0 atom stereocenters. The summed E-state index contributed by atoms with van der Waals surface area (Å²) in [4.78, 5) is 15.4. The molecule has 2 aromatic rings. The van der Waals surface area contributed by atoms with Gasteiger partial charge < -0.3 is 0 Å². The molecule has 1 aliphatic carbocycles. The SMILES string of the molecule is O=C1/C(=C/c2ccc(-c3ccc(F)cc3)cc2)SC(=S)N1C1CCCCC1. The predicted octanol–water partition coefficient (Wildman–Crippen LogP) is 6.03. The van der Waals surface area contributed by atoms with Gasteiger partial charge in [0, 0.05) is 6.04 Å². The van der Waals surface area contributed by atoms with E-state index in [-0.39, 0.29) is 17.8 Å². The Bertz CT molecular complexity index is 884. The maximum absolute atomic E-state index is 13.1. The van der Waals surface area contributed by atoms with E-state index in [1.165, 1.54) is 43.2 Å². The fraction of sp³-hybridized carbons (Fsp3) is 0.273. The number of hydrogen-bond donors (Lipinski definition) is 0. The summed E-state index contributed by atoms with van der Waals surface area (Å²) in [5.74, 6) is -0.199. The van der Waals surface area contributed by atoms with Crippen LogP contribution in [0.15, 0.2) is 53.4 Å². The third kappa shape index (κ3) is 3.99. The highest BCUT2D eigenvalue weighted by atomic mass is 32.2. The molecule has 0 spiro atoms. The number of thiocarbonyl (C=S) groups is 1. The van der Waals surface area contributed by atoms with Gasteiger partial charge in [0.05, 0.1) is 4.91 Å². The van der Waals surface area contributed by atoms with E-state index in [2.05, 4.69) is 0 Å². The third-order valence-corrected chi connectivity index (χ3v) is 6.48. The first-order valence-corrected chi connectivity index (χ1v) is 10.5. The van der Waals surface area contributed by atoms with E-state index < -0.39 is 0 Å². The molecule has 2 aliphatic rings. The number of amides is 1. The van der Waals surface area contributed by atoms with Crippen molar-refractivity contribution < 1.29 is 9.18 Å². The minimum atomic E-state index is -0.240. The first-order chi connectivity index (χ1) is 13.1. The molecule has 1 heterocycles. The molecule has 4 rings (SSSR count). The van der Waals surface area contributed by atoms with Crippen LogP contribution in [0.5, 0.6) is 0 Å². The van der Waals surface area contributed by atoms with Crippen LogP contribution in [0.25, 0.3) is 17.2 Å². The van der Waals surface area contributed by atoms with Crippen molar-refractivity contribution in [2.24, 2.45) is 0 Å². The summed E-state index contributed by atoms with van der Waals surface area (Å²) >= 11 is 6.88. The second-order valence-corrected chi connectivity index (χ2v) is 8.65. The highest BCUT2D eigenvalue weighted by Crippen LogP contribution is 2.37. The third-order valence-electron chi connectivity index (χ3n) is 5.15. The molecular formula is C22H20FNOS2. The number of carbonyl (C=O) groups is 1. The van der Waals surface area contributed by atoms with E-state index in [0.717, 1.165) is 29.5 Å². The Balaban J connectivity index is 1.52. The second kappa shape index (κ2) is 7.95. The Morgan fingerprint density at radius 3 is 2.19 bits per heavy atom. The minimum absolute atomic E-state index is 0.0412. The highest BCUT2D eigenvalue weighted by molar-refractivity contribution is 8.26. The Kier molecular flexibility index (Phi) is 5.41. The average Bonchev–Trinajstić information content (AvgIpc) is 2.97. The van der Waals surface area contributed by atoms with Crippen LogP contribution in [-0.4, -0.2) is 21.2 Å². The molecule has 0 aromatic heterocycles. The van der Waals surface area contributed by atoms with E-state index in [1.807, 2.05) is 35.2 Å². The van der Waals surface area contributed by atoms with Gasteiger partial charge in [0.2, 0.25) is 0 Å². The number of hydrogen-bond acceptors (Lipinski definition) is 3. The summed E-state index contributed by atoms with van der Waals surface area (Å²) < 4.78 is 13.8. The zero-order valence-electron chi connectivity index (χ0n) is 14.9. The Morgan fingerprint density at radius 1 is 0.963 bits per heavy atom. The summed E-state index contributed by atoms with van der Waals surface area (Å²) in [7, 11) is 0. The molecule has 0 radical (unpaired) electrons. The van der Waals surface area contributed by atoms with Gasteiger partial charge in [0.1, 0.15) is 10.1 Å². The number of nitrogens with zero attached hydrogens (tertiary/aromatic N) is 1. The largest absolute Gasteiger partial charge is 0.290 e. The van der Waals surface area contributed by atoms with Gasteiger partial charge in [-0.25, -0.2) is 4.39 Å². The molecule has 0 unspecified atom stereocenters. The molecule has 1 amide bonds. The van der Waals surface area contributed by atoms with E-state index >= 15 is 0 Å². The van der Waals surface area contributed by atoms with Crippen LogP contribution in [0, 0.1) is 5.82 Å². The Labute approximate surface area is 168 Å². The van der Waals surface area contributed by atoms with E-state index in [1.54, 1.807) is 12.1 Å². The van der Waals surface area contributed by atoms with Gasteiger partial charge in [-0.15, -0.1) is 0 Å². The summed E-state index contributed by atoms with van der Waals surface area (Å²) in [6, 6.07) is 14.6. The summed E-state index contributed by atoms with van der Waals surface area (Å²) in [5, 5.41) is 0. The number of thioether (sulfide) groups is 1. The van der Waals surface area contributed by atoms with Crippen molar-refractivity contribution in [1.29, 1.82) is 0 Å². The quantitative estimate of drug-likeness (QED) is 0.466. The lowest BCUT2D eigenvalue weighted by Crippen LogP contribution is -2.39. The maximum atomic E-state index is 13.1. The molecule has 0 N–H and O–H groups in total. The first kappa shape index (κ1) is 18.4. The maximum Gasteiger partial charge on any atom is 0.266 e. The van der Waals surface area contributed by atoms with Crippen LogP contribution < -0.4 is 0 Å². The molecule has 2 aromatic carbocycles. The molecule has 0 bridgehead atoms. The van der Waals surface area contributed by atoms with Crippen molar-refractivity contribution in [3.63, 3.8) is 0 Å². The predicted molar refractivity (Wildman–Crippen MR) is 114 cm³/mol. The van der Waals surface area contributed by atoms with Crippen LogP contribution in [0.2, 0.25) is 0 Å². The Morgan fingerprint density at radius 2 is 1.56 bits per heavy atom. The molecule has 27 heavy (non-hydrogen) atoms. The van der Waals surface area contributed by atoms with Crippen molar-refractivity contribution >= 4 is 40.3 Å². The molecule has 1 saturated heterocycles. The lowest BCUT2D eigenvalue weighted by atomic mass is 9.94. The zero-order valence-corrected chi connectivity index (χ0v) is 16.5. The van der Waals surface area contributed by atoms with Gasteiger partial charge >= 0.3 is 0 Å². The van der Waals surface area contributed by atoms with Crippen molar-refractivity contribution in [3.05, 3.63) is 64.8 Å². The monoisotopic (exact) mass is 397 g/mol. The van der Waals surface area contributed by atoms with Gasteiger partial charge in [-0.05, 0) is 47.7 Å². The number of halogens is 1. The molecule has 2 fully saturated rings. The lowest BCUT2D eigenvalue weighted by molar-refractivity contribution is -0.124. The zero-order chi connectivity index (χ0) is 18.8. The van der Waals surface area contributed by atoms with E-state index in [0.29, 0.717) is 9.23 Å². The molecule has 1 saturated carbocycles. The average molecular weight is 398 g/mol. The summed E-state index contributed by atoms with van der Waals surface area (Å²) in [6.07, 6.45) is 7.60. The minimum Gasteiger partial charge on any atom is -0.290 e. The van der Waals surface area contributed by atoms with Crippen molar-refractivity contribution in [2.45, 2.75) is 38.1 Å². The van der Waals surface area contributed by atoms with Gasteiger partial charge in [-0.1, -0.05) is 79.6 Å². The van der Waals surface area contributed by atoms with Crippen molar-refractivity contribution in [2.75, 3.05) is 0 Å². The standard InChI is InChI=1S/C22H20FNOS2/c23-18-12-10-17(11-13-18)16-8-6-15(7-9-16)14-20-21(25)24(22(26)27-20)19-4-2-1-3-5-19/h6-14,19H,1-5H2/b20-14-.